The average Bonchev–Trinajstić information content (AvgIpc) is 2.43. The molecular formula is C18H32O2. The van der Waals surface area contributed by atoms with Gasteiger partial charge >= 0.3 is 5.97 Å². The van der Waals surface area contributed by atoms with E-state index in [4.69, 9.17) is 5.11 Å². The fourth-order valence-electron chi connectivity index (χ4n) is 2.09. The minimum atomic E-state index is -0.666. The van der Waals surface area contributed by atoms with E-state index in [0.29, 0.717) is 6.42 Å². The Morgan fingerprint density at radius 1 is 0.800 bits per heavy atom. The van der Waals surface area contributed by atoms with E-state index >= 15 is 0 Å². The van der Waals surface area contributed by atoms with Crippen molar-refractivity contribution in [2.75, 3.05) is 0 Å². The highest BCUT2D eigenvalue weighted by molar-refractivity contribution is 5.66. The summed E-state index contributed by atoms with van der Waals surface area (Å²) in [6, 6.07) is 0. The van der Waals surface area contributed by atoms with Crippen molar-refractivity contribution in [3.05, 3.63) is 24.3 Å². The lowest BCUT2D eigenvalue weighted by molar-refractivity contribution is -0.137. The van der Waals surface area contributed by atoms with Gasteiger partial charge in [0.05, 0.1) is 0 Å². The molecule has 20 heavy (non-hydrogen) atoms. The van der Waals surface area contributed by atoms with Gasteiger partial charge in [-0.25, -0.2) is 0 Å². The first kappa shape index (κ1) is 18.9. The van der Waals surface area contributed by atoms with Gasteiger partial charge < -0.3 is 5.11 Å². The highest BCUT2D eigenvalue weighted by atomic mass is 16.4. The Morgan fingerprint density at radius 3 is 1.85 bits per heavy atom. The molecule has 0 aromatic rings. The summed E-state index contributed by atoms with van der Waals surface area (Å²) in [5.74, 6) is -0.666. The van der Waals surface area contributed by atoms with Crippen LogP contribution in [0.2, 0.25) is 0 Å². The molecule has 2 heteroatoms. The molecule has 0 amide bonds. The first-order chi connectivity index (χ1) is 9.77. The second-order valence-corrected chi connectivity index (χ2v) is 5.41. The van der Waals surface area contributed by atoms with Gasteiger partial charge in [0.25, 0.3) is 0 Å². The molecule has 0 aromatic carbocycles. The average molecular weight is 280 g/mol. The summed E-state index contributed by atoms with van der Waals surface area (Å²) in [6.45, 7) is 2.22. The van der Waals surface area contributed by atoms with Crippen LogP contribution in [-0.4, -0.2) is 11.1 Å². The summed E-state index contributed by atoms with van der Waals surface area (Å²) in [7, 11) is 0. The molecule has 0 bridgehead atoms. The third-order valence-electron chi connectivity index (χ3n) is 3.37. The Hall–Kier alpha value is -1.05. The number of carboxylic acid groups (broad SMARTS) is 1. The molecule has 0 heterocycles. The van der Waals surface area contributed by atoms with Gasteiger partial charge in [-0.15, -0.1) is 0 Å². The van der Waals surface area contributed by atoms with Crippen molar-refractivity contribution < 1.29 is 9.90 Å². The summed E-state index contributed by atoms with van der Waals surface area (Å²) in [5, 5.41) is 8.51. The standard InChI is InChI=1S/C18H32O2/c1-2-3-4-5-6-7-8-9-10-11-12-13-14-15-16-17-18(19)20/h5-8H,2-4,9-17H2,1H3,(H,19,20). The first-order valence-corrected chi connectivity index (χ1v) is 8.30. The molecule has 0 aromatic heterocycles. The number of hydrogen-bond acceptors (Lipinski definition) is 1. The molecule has 0 unspecified atom stereocenters. The summed E-state index contributed by atoms with van der Waals surface area (Å²) in [6.07, 6.45) is 22.3. The fourth-order valence-corrected chi connectivity index (χ4v) is 2.09. The van der Waals surface area contributed by atoms with Gasteiger partial charge in [0.15, 0.2) is 0 Å². The SMILES string of the molecule is CCCCC=CC=CCCCCCCCCCC(=O)O. The molecule has 0 saturated carbocycles. The molecule has 116 valence electrons. The van der Waals surface area contributed by atoms with E-state index in [1.807, 2.05) is 0 Å². The Balaban J connectivity index is 3.14. The zero-order chi connectivity index (χ0) is 14.9. The van der Waals surface area contributed by atoms with Gasteiger partial charge in [0, 0.05) is 6.42 Å². The highest BCUT2D eigenvalue weighted by Gasteiger charge is 1.96. The number of aliphatic carboxylic acids is 1. The van der Waals surface area contributed by atoms with Crippen LogP contribution in [0.1, 0.15) is 84.0 Å². The lowest BCUT2D eigenvalue weighted by Crippen LogP contribution is -1.93. The van der Waals surface area contributed by atoms with Gasteiger partial charge in [-0.1, -0.05) is 76.2 Å². The van der Waals surface area contributed by atoms with Crippen LogP contribution in [0.25, 0.3) is 0 Å². The lowest BCUT2D eigenvalue weighted by Gasteiger charge is -1.99. The number of rotatable bonds is 14. The third kappa shape index (κ3) is 16.9. The van der Waals surface area contributed by atoms with Gasteiger partial charge in [-0.2, -0.15) is 0 Å². The second kappa shape index (κ2) is 16.0. The van der Waals surface area contributed by atoms with Crippen LogP contribution >= 0.6 is 0 Å². The molecular weight excluding hydrogens is 248 g/mol. The van der Waals surface area contributed by atoms with Crippen LogP contribution in [-0.2, 0) is 4.79 Å². The van der Waals surface area contributed by atoms with Crippen molar-refractivity contribution in [2.45, 2.75) is 84.0 Å². The van der Waals surface area contributed by atoms with Crippen molar-refractivity contribution in [3.63, 3.8) is 0 Å². The van der Waals surface area contributed by atoms with Crippen LogP contribution in [0.3, 0.4) is 0 Å². The zero-order valence-electron chi connectivity index (χ0n) is 13.2. The Kier molecular flexibility index (Phi) is 15.2. The van der Waals surface area contributed by atoms with E-state index in [9.17, 15) is 4.79 Å². The Bertz CT molecular complexity index is 267. The van der Waals surface area contributed by atoms with E-state index < -0.39 is 5.97 Å². The molecule has 0 fully saturated rings. The maximum Gasteiger partial charge on any atom is 0.303 e. The smallest absolute Gasteiger partial charge is 0.303 e. The van der Waals surface area contributed by atoms with Crippen molar-refractivity contribution in [3.8, 4) is 0 Å². The molecule has 0 aliphatic carbocycles. The van der Waals surface area contributed by atoms with Crippen LogP contribution in [0, 0.1) is 0 Å². The molecule has 1 N–H and O–H groups in total. The molecule has 0 radical (unpaired) electrons. The van der Waals surface area contributed by atoms with Crippen molar-refractivity contribution >= 4 is 5.97 Å². The molecule has 0 aliphatic heterocycles. The van der Waals surface area contributed by atoms with Gasteiger partial charge in [0.1, 0.15) is 0 Å². The highest BCUT2D eigenvalue weighted by Crippen LogP contribution is 2.10. The molecule has 2 nitrogen and oxygen atoms in total. The third-order valence-corrected chi connectivity index (χ3v) is 3.37. The number of carbonyl (C=O) groups is 1. The summed E-state index contributed by atoms with van der Waals surface area (Å²) < 4.78 is 0. The minimum absolute atomic E-state index is 0.330. The van der Waals surface area contributed by atoms with Gasteiger partial charge in [-0.3, -0.25) is 4.79 Å². The van der Waals surface area contributed by atoms with Gasteiger partial charge in [0.2, 0.25) is 0 Å². The molecule has 0 saturated heterocycles. The van der Waals surface area contributed by atoms with E-state index in [2.05, 4.69) is 31.2 Å². The van der Waals surface area contributed by atoms with E-state index in [1.54, 1.807) is 0 Å². The van der Waals surface area contributed by atoms with Crippen molar-refractivity contribution in [2.24, 2.45) is 0 Å². The van der Waals surface area contributed by atoms with Crippen LogP contribution in [0.5, 0.6) is 0 Å². The first-order valence-electron chi connectivity index (χ1n) is 8.30. The number of hydrogen-bond donors (Lipinski definition) is 1. The van der Waals surface area contributed by atoms with Crippen molar-refractivity contribution in [1.82, 2.24) is 0 Å². The maximum atomic E-state index is 10.3. The van der Waals surface area contributed by atoms with Crippen molar-refractivity contribution in [1.29, 1.82) is 0 Å². The van der Waals surface area contributed by atoms with E-state index in [0.717, 1.165) is 12.8 Å². The zero-order valence-corrected chi connectivity index (χ0v) is 13.2. The van der Waals surface area contributed by atoms with Crippen LogP contribution in [0.15, 0.2) is 24.3 Å². The predicted octanol–water partition coefficient (Wildman–Crippen LogP) is 5.88. The lowest BCUT2D eigenvalue weighted by atomic mass is 10.1. The number of allylic oxidation sites excluding steroid dienone is 4. The molecule has 0 rings (SSSR count). The summed E-state index contributed by atoms with van der Waals surface area (Å²) in [5.41, 5.74) is 0. The topological polar surface area (TPSA) is 37.3 Å². The fraction of sp³-hybridized carbons (Fsp3) is 0.722. The quantitative estimate of drug-likeness (QED) is 0.318. The number of carboxylic acids is 1. The molecule has 0 atom stereocenters. The summed E-state index contributed by atoms with van der Waals surface area (Å²) >= 11 is 0. The normalized spacial score (nSPS) is 11.7. The van der Waals surface area contributed by atoms with E-state index in [-0.39, 0.29) is 0 Å². The largest absolute Gasteiger partial charge is 0.481 e. The molecule has 0 spiro atoms. The minimum Gasteiger partial charge on any atom is -0.481 e. The monoisotopic (exact) mass is 280 g/mol. The Morgan fingerprint density at radius 2 is 1.30 bits per heavy atom. The maximum absolute atomic E-state index is 10.3. The number of unbranched alkanes of at least 4 members (excludes halogenated alkanes) is 9. The van der Waals surface area contributed by atoms with Gasteiger partial charge in [-0.05, 0) is 25.7 Å². The summed E-state index contributed by atoms with van der Waals surface area (Å²) in [4.78, 5) is 10.3. The predicted molar refractivity (Wildman–Crippen MR) is 87.0 cm³/mol. The van der Waals surface area contributed by atoms with Crippen LogP contribution < -0.4 is 0 Å². The molecule has 0 aliphatic rings. The van der Waals surface area contributed by atoms with E-state index in [1.165, 1.54) is 57.8 Å². The Labute approximate surface area is 125 Å². The van der Waals surface area contributed by atoms with Crippen LogP contribution in [0.4, 0.5) is 0 Å². The second-order valence-electron chi connectivity index (χ2n) is 5.41.